The first-order chi connectivity index (χ1) is 10.2. The summed E-state index contributed by atoms with van der Waals surface area (Å²) in [7, 11) is 0. The van der Waals surface area contributed by atoms with Crippen molar-refractivity contribution < 1.29 is 4.39 Å². The van der Waals surface area contributed by atoms with E-state index in [1.54, 1.807) is 29.2 Å². The van der Waals surface area contributed by atoms with Crippen LogP contribution < -0.4 is 5.32 Å². The quantitative estimate of drug-likeness (QED) is 0.781. The molecule has 106 valence electrons. The van der Waals surface area contributed by atoms with E-state index in [0.717, 1.165) is 17.1 Å². The molecule has 0 atom stereocenters. The smallest absolute Gasteiger partial charge is 0.153 e. The van der Waals surface area contributed by atoms with Gasteiger partial charge in [-0.25, -0.2) is 14.1 Å². The molecule has 0 amide bonds. The fraction of sp³-hybridized carbons (Fsp3) is 0.0667. The van der Waals surface area contributed by atoms with Crippen LogP contribution in [0.4, 0.5) is 10.1 Å². The summed E-state index contributed by atoms with van der Waals surface area (Å²) in [5.41, 5.74) is 1.88. The molecule has 2 heterocycles. The molecular formula is C15H12BrFN4. The average Bonchev–Trinajstić information content (AvgIpc) is 3.03. The number of pyridine rings is 1. The molecule has 4 nitrogen and oxygen atoms in total. The summed E-state index contributed by atoms with van der Waals surface area (Å²) >= 11 is 3.18. The van der Waals surface area contributed by atoms with Gasteiger partial charge in [0.25, 0.3) is 0 Å². The molecule has 0 aliphatic rings. The fourth-order valence-corrected chi connectivity index (χ4v) is 2.31. The van der Waals surface area contributed by atoms with Crippen LogP contribution in [0.1, 0.15) is 5.56 Å². The van der Waals surface area contributed by atoms with Crippen molar-refractivity contribution in [2.45, 2.75) is 6.54 Å². The summed E-state index contributed by atoms with van der Waals surface area (Å²) < 4.78 is 15.3. The lowest BCUT2D eigenvalue weighted by molar-refractivity contribution is 0.620. The monoisotopic (exact) mass is 346 g/mol. The minimum Gasteiger partial charge on any atom is -0.380 e. The Bertz CT molecular complexity index is 726. The van der Waals surface area contributed by atoms with Gasteiger partial charge in [0.15, 0.2) is 5.82 Å². The van der Waals surface area contributed by atoms with Gasteiger partial charge in [-0.3, -0.25) is 0 Å². The van der Waals surface area contributed by atoms with E-state index in [1.807, 2.05) is 24.4 Å². The van der Waals surface area contributed by atoms with Gasteiger partial charge in [-0.05, 0) is 51.8 Å². The zero-order valence-electron chi connectivity index (χ0n) is 11.0. The van der Waals surface area contributed by atoms with Crippen molar-refractivity contribution in [3.05, 3.63) is 70.8 Å². The first kappa shape index (κ1) is 13.8. The van der Waals surface area contributed by atoms with E-state index >= 15 is 0 Å². The Morgan fingerprint density at radius 2 is 2.14 bits per heavy atom. The Morgan fingerprint density at radius 3 is 2.81 bits per heavy atom. The maximum absolute atomic E-state index is 13.2. The summed E-state index contributed by atoms with van der Waals surface area (Å²) in [5.74, 6) is 0.499. The van der Waals surface area contributed by atoms with E-state index in [2.05, 4.69) is 31.3 Å². The molecule has 0 aliphatic heterocycles. The number of rotatable bonds is 4. The number of nitrogens with one attached hydrogen (secondary N) is 1. The maximum Gasteiger partial charge on any atom is 0.153 e. The molecule has 0 unspecified atom stereocenters. The third-order valence-electron chi connectivity index (χ3n) is 2.97. The number of aromatic nitrogens is 3. The van der Waals surface area contributed by atoms with Crippen molar-refractivity contribution in [1.29, 1.82) is 0 Å². The van der Waals surface area contributed by atoms with E-state index in [4.69, 9.17) is 0 Å². The lowest BCUT2D eigenvalue weighted by Crippen LogP contribution is -2.02. The lowest BCUT2D eigenvalue weighted by Gasteiger charge is -2.08. The number of hydrogen-bond donors (Lipinski definition) is 1. The second-order valence-corrected chi connectivity index (χ2v) is 5.31. The molecule has 0 aliphatic carbocycles. The largest absolute Gasteiger partial charge is 0.380 e. The van der Waals surface area contributed by atoms with Crippen molar-refractivity contribution in [3.8, 4) is 5.82 Å². The Labute approximate surface area is 129 Å². The third-order valence-corrected chi connectivity index (χ3v) is 3.58. The average molecular weight is 347 g/mol. The maximum atomic E-state index is 13.2. The SMILES string of the molecule is Fc1ccc(CNc2ccc(-n3cccn3)nc2)cc1Br. The van der Waals surface area contributed by atoms with Gasteiger partial charge < -0.3 is 5.32 Å². The highest BCUT2D eigenvalue weighted by molar-refractivity contribution is 9.10. The van der Waals surface area contributed by atoms with Crippen molar-refractivity contribution in [2.75, 3.05) is 5.32 Å². The van der Waals surface area contributed by atoms with Crippen LogP contribution in [-0.2, 0) is 6.54 Å². The van der Waals surface area contributed by atoms with E-state index in [9.17, 15) is 4.39 Å². The molecule has 0 radical (unpaired) electrons. The van der Waals surface area contributed by atoms with Gasteiger partial charge in [-0.2, -0.15) is 5.10 Å². The van der Waals surface area contributed by atoms with Crippen molar-refractivity contribution >= 4 is 21.6 Å². The van der Waals surface area contributed by atoms with Gasteiger partial charge in [-0.15, -0.1) is 0 Å². The van der Waals surface area contributed by atoms with Crippen LogP contribution in [0.5, 0.6) is 0 Å². The van der Waals surface area contributed by atoms with Gasteiger partial charge >= 0.3 is 0 Å². The Kier molecular flexibility index (Phi) is 3.96. The minimum absolute atomic E-state index is 0.260. The molecule has 0 fully saturated rings. The molecule has 2 aromatic heterocycles. The molecular weight excluding hydrogens is 335 g/mol. The van der Waals surface area contributed by atoms with Gasteiger partial charge in [-0.1, -0.05) is 6.07 Å². The third kappa shape index (κ3) is 3.28. The number of nitrogens with zero attached hydrogens (tertiary/aromatic N) is 3. The van der Waals surface area contributed by atoms with Crippen molar-refractivity contribution in [1.82, 2.24) is 14.8 Å². The predicted octanol–water partition coefficient (Wildman–Crippen LogP) is 3.78. The number of halogens is 2. The Morgan fingerprint density at radius 1 is 1.24 bits per heavy atom. The van der Waals surface area contributed by atoms with Gasteiger partial charge in [0.2, 0.25) is 0 Å². The van der Waals surface area contributed by atoms with E-state index in [1.165, 1.54) is 6.07 Å². The van der Waals surface area contributed by atoms with Crippen LogP contribution in [0.15, 0.2) is 59.5 Å². The molecule has 1 N–H and O–H groups in total. The molecule has 0 bridgehead atoms. The van der Waals surface area contributed by atoms with Crippen LogP contribution in [0.25, 0.3) is 5.82 Å². The first-order valence-corrected chi connectivity index (χ1v) is 7.15. The van der Waals surface area contributed by atoms with Crippen LogP contribution >= 0.6 is 15.9 Å². The molecule has 3 rings (SSSR count). The molecule has 1 aromatic carbocycles. The van der Waals surface area contributed by atoms with Gasteiger partial charge in [0, 0.05) is 18.9 Å². The zero-order valence-corrected chi connectivity index (χ0v) is 12.6. The Hall–Kier alpha value is -2.21. The molecule has 21 heavy (non-hydrogen) atoms. The highest BCUT2D eigenvalue weighted by Gasteiger charge is 2.02. The molecule has 3 aromatic rings. The lowest BCUT2D eigenvalue weighted by atomic mass is 10.2. The van der Waals surface area contributed by atoms with Crippen molar-refractivity contribution in [3.63, 3.8) is 0 Å². The number of benzene rings is 1. The topological polar surface area (TPSA) is 42.7 Å². The Balaban J connectivity index is 1.66. The van der Waals surface area contributed by atoms with Gasteiger partial charge in [0.1, 0.15) is 5.82 Å². The first-order valence-electron chi connectivity index (χ1n) is 6.36. The highest BCUT2D eigenvalue weighted by Crippen LogP contribution is 2.18. The summed E-state index contributed by atoms with van der Waals surface area (Å²) in [5, 5.41) is 7.37. The highest BCUT2D eigenvalue weighted by atomic mass is 79.9. The van der Waals surface area contributed by atoms with Gasteiger partial charge in [0.05, 0.1) is 16.4 Å². The van der Waals surface area contributed by atoms with Crippen LogP contribution in [-0.4, -0.2) is 14.8 Å². The second-order valence-electron chi connectivity index (χ2n) is 4.46. The van der Waals surface area contributed by atoms with Crippen molar-refractivity contribution in [2.24, 2.45) is 0 Å². The van der Waals surface area contributed by atoms with Crippen LogP contribution in [0, 0.1) is 5.82 Å². The zero-order chi connectivity index (χ0) is 14.7. The molecule has 0 saturated carbocycles. The molecule has 0 saturated heterocycles. The van der Waals surface area contributed by atoms with Crippen LogP contribution in [0.2, 0.25) is 0 Å². The fourth-order valence-electron chi connectivity index (χ4n) is 1.88. The number of anilines is 1. The predicted molar refractivity (Wildman–Crippen MR) is 82.8 cm³/mol. The van der Waals surface area contributed by atoms with E-state index in [-0.39, 0.29) is 5.82 Å². The van der Waals surface area contributed by atoms with E-state index in [0.29, 0.717) is 11.0 Å². The second kappa shape index (κ2) is 6.05. The summed E-state index contributed by atoms with van der Waals surface area (Å²) in [6, 6.07) is 10.6. The minimum atomic E-state index is -0.260. The van der Waals surface area contributed by atoms with Crippen LogP contribution in [0.3, 0.4) is 0 Å². The van der Waals surface area contributed by atoms with E-state index < -0.39 is 0 Å². The summed E-state index contributed by atoms with van der Waals surface area (Å²) in [6.45, 7) is 0.599. The molecule has 6 heteroatoms. The normalized spacial score (nSPS) is 10.6. The molecule has 0 spiro atoms. The summed E-state index contributed by atoms with van der Waals surface area (Å²) in [4.78, 5) is 4.33. The summed E-state index contributed by atoms with van der Waals surface area (Å²) in [6.07, 6.45) is 5.29. The standard InChI is InChI=1S/C15H12BrFN4/c16-13-8-11(2-4-14(13)17)9-18-12-3-5-15(19-10-12)21-7-1-6-20-21/h1-8,10,18H,9H2. The number of hydrogen-bond acceptors (Lipinski definition) is 3.